The van der Waals surface area contributed by atoms with Crippen LogP contribution in [0.4, 0.5) is 0 Å². The zero-order valence-corrected chi connectivity index (χ0v) is 12.6. The molecule has 0 fully saturated rings. The van der Waals surface area contributed by atoms with Gasteiger partial charge in [0.05, 0.1) is 0 Å². The summed E-state index contributed by atoms with van der Waals surface area (Å²) in [6, 6.07) is 0.856. The lowest BCUT2D eigenvalue weighted by atomic mass is 9.90. The Hall–Kier alpha value is 0.0569. The van der Waals surface area contributed by atoms with Crippen LogP contribution in [0, 0.1) is 5.41 Å². The topological polar surface area (TPSA) is 39.7 Å². The van der Waals surface area contributed by atoms with E-state index in [0.29, 0.717) is 0 Å². The van der Waals surface area contributed by atoms with E-state index in [2.05, 4.69) is 26.1 Å². The fourth-order valence-corrected chi connectivity index (χ4v) is 3.69. The highest BCUT2D eigenvalue weighted by Crippen LogP contribution is 2.26. The summed E-state index contributed by atoms with van der Waals surface area (Å²) < 4.78 is 16.2. The summed E-state index contributed by atoms with van der Waals surface area (Å²) in [5, 5.41) is 3.37. The van der Waals surface area contributed by atoms with Crippen LogP contribution in [0.25, 0.3) is 0 Å². The van der Waals surface area contributed by atoms with E-state index in [0.717, 1.165) is 25.6 Å². The molecule has 4 nitrogen and oxygen atoms in total. The molecule has 0 heterocycles. The van der Waals surface area contributed by atoms with Crippen molar-refractivity contribution < 1.29 is 13.3 Å². The van der Waals surface area contributed by atoms with Crippen molar-refractivity contribution >= 4 is 8.80 Å². The largest absolute Gasteiger partial charge is 0.500 e. The maximum atomic E-state index is 5.41. The predicted molar refractivity (Wildman–Crippen MR) is 68.5 cm³/mol. The molecule has 0 unspecified atom stereocenters. The fourth-order valence-electron chi connectivity index (χ4n) is 1.60. The molecule has 0 aliphatic carbocycles. The van der Waals surface area contributed by atoms with Gasteiger partial charge in [-0.05, 0) is 18.4 Å². The van der Waals surface area contributed by atoms with Gasteiger partial charge in [0.1, 0.15) is 0 Å². The van der Waals surface area contributed by atoms with Gasteiger partial charge in [-0.15, -0.1) is 0 Å². The van der Waals surface area contributed by atoms with Crippen LogP contribution in [0.5, 0.6) is 0 Å². The smallest absolute Gasteiger partial charge is 0.377 e. The van der Waals surface area contributed by atoms with E-state index in [9.17, 15) is 0 Å². The highest BCUT2D eigenvalue weighted by molar-refractivity contribution is 6.60. The second-order valence-electron chi connectivity index (χ2n) is 4.74. The molecule has 0 amide bonds. The highest BCUT2D eigenvalue weighted by Gasteiger charge is 2.39. The second kappa shape index (κ2) is 7.40. The van der Waals surface area contributed by atoms with E-state index in [1.807, 2.05) is 0 Å². The molecule has 0 aromatic carbocycles. The number of rotatable bonds is 9. The molecule has 1 N–H and O–H groups in total. The number of nitrogens with one attached hydrogen (secondary N) is 1. The third-order valence-corrected chi connectivity index (χ3v) is 5.62. The summed E-state index contributed by atoms with van der Waals surface area (Å²) in [6.45, 7) is 8.62. The molecule has 0 aromatic rings. The van der Waals surface area contributed by atoms with Gasteiger partial charge < -0.3 is 18.6 Å². The minimum absolute atomic E-state index is 0.240. The van der Waals surface area contributed by atoms with Crippen LogP contribution in [0.1, 0.15) is 27.2 Å². The summed E-state index contributed by atoms with van der Waals surface area (Å²) in [5.74, 6) is 0. The standard InChI is InChI=1S/C11H27NO3Si/c1-7-12-10-11(2,3)8-9-16(13-4,14-5)15-6/h12H,7-10H2,1-6H3. The summed E-state index contributed by atoms with van der Waals surface area (Å²) in [4.78, 5) is 0. The van der Waals surface area contributed by atoms with E-state index < -0.39 is 8.80 Å². The van der Waals surface area contributed by atoms with E-state index in [1.165, 1.54) is 0 Å². The summed E-state index contributed by atoms with van der Waals surface area (Å²) in [7, 11) is 2.60. The zero-order valence-electron chi connectivity index (χ0n) is 11.6. The third-order valence-electron chi connectivity index (χ3n) is 2.89. The van der Waals surface area contributed by atoms with Crippen molar-refractivity contribution in [2.45, 2.75) is 33.2 Å². The first-order valence-corrected chi connectivity index (χ1v) is 7.74. The lowest BCUT2D eigenvalue weighted by Crippen LogP contribution is -2.44. The monoisotopic (exact) mass is 249 g/mol. The number of hydrogen-bond donors (Lipinski definition) is 1. The van der Waals surface area contributed by atoms with Gasteiger partial charge in [-0.3, -0.25) is 0 Å². The molecule has 0 bridgehead atoms. The summed E-state index contributed by atoms with van der Waals surface area (Å²) in [6.07, 6.45) is 1.03. The van der Waals surface area contributed by atoms with Crippen LogP contribution in [-0.2, 0) is 13.3 Å². The van der Waals surface area contributed by atoms with E-state index in [4.69, 9.17) is 13.3 Å². The average molecular weight is 249 g/mol. The van der Waals surface area contributed by atoms with Crippen molar-refractivity contribution in [2.24, 2.45) is 5.41 Å². The molecule has 16 heavy (non-hydrogen) atoms. The first-order chi connectivity index (χ1) is 7.45. The normalized spacial score (nSPS) is 13.1. The molecule has 0 spiro atoms. The molecule has 5 heteroatoms. The Morgan fingerprint density at radius 3 is 1.94 bits per heavy atom. The van der Waals surface area contributed by atoms with Gasteiger partial charge in [0.25, 0.3) is 0 Å². The molecule has 0 aliphatic heterocycles. The minimum Gasteiger partial charge on any atom is -0.377 e. The van der Waals surface area contributed by atoms with Crippen LogP contribution in [0.15, 0.2) is 0 Å². The lowest BCUT2D eigenvalue weighted by Gasteiger charge is -2.30. The Labute approximate surface area is 101 Å². The highest BCUT2D eigenvalue weighted by atomic mass is 28.4. The van der Waals surface area contributed by atoms with Crippen LogP contribution in [0.3, 0.4) is 0 Å². The van der Waals surface area contributed by atoms with Crippen LogP contribution >= 0.6 is 0 Å². The molecule has 0 atom stereocenters. The second-order valence-corrected chi connectivity index (χ2v) is 7.83. The maximum absolute atomic E-state index is 5.41. The number of hydrogen-bond acceptors (Lipinski definition) is 4. The molecule has 0 rings (SSSR count). The van der Waals surface area contributed by atoms with Gasteiger partial charge in [0.2, 0.25) is 0 Å². The van der Waals surface area contributed by atoms with Crippen LogP contribution in [0.2, 0.25) is 6.04 Å². The predicted octanol–water partition coefficient (Wildman–Crippen LogP) is 1.89. The molecule has 0 saturated carbocycles. The Balaban J connectivity index is 4.18. The van der Waals surface area contributed by atoms with Gasteiger partial charge in [-0.2, -0.15) is 0 Å². The summed E-state index contributed by atoms with van der Waals surface area (Å²) >= 11 is 0. The Morgan fingerprint density at radius 1 is 1.06 bits per heavy atom. The zero-order chi connectivity index (χ0) is 12.7. The van der Waals surface area contributed by atoms with Crippen molar-refractivity contribution in [3.63, 3.8) is 0 Å². The van der Waals surface area contributed by atoms with Crippen molar-refractivity contribution in [1.29, 1.82) is 0 Å². The molecule has 0 saturated heterocycles. The SMILES string of the molecule is CCNCC(C)(C)CC[Si](OC)(OC)OC. The molecular formula is C11H27NO3Si. The molecular weight excluding hydrogens is 222 g/mol. The average Bonchev–Trinajstić information content (AvgIpc) is 2.29. The lowest BCUT2D eigenvalue weighted by molar-refractivity contribution is 0.118. The molecule has 0 aromatic heterocycles. The van der Waals surface area contributed by atoms with Gasteiger partial charge in [0, 0.05) is 33.9 Å². The molecule has 98 valence electrons. The van der Waals surface area contributed by atoms with Crippen LogP contribution < -0.4 is 5.32 Å². The Kier molecular flexibility index (Phi) is 7.42. The Bertz CT molecular complexity index is 176. The summed E-state index contributed by atoms with van der Waals surface area (Å²) in [5.41, 5.74) is 0.240. The minimum atomic E-state index is -2.39. The van der Waals surface area contributed by atoms with Crippen LogP contribution in [-0.4, -0.2) is 43.2 Å². The van der Waals surface area contributed by atoms with Gasteiger partial charge >= 0.3 is 8.80 Å². The fraction of sp³-hybridized carbons (Fsp3) is 1.00. The molecule has 0 radical (unpaired) electrons. The van der Waals surface area contributed by atoms with Crippen molar-refractivity contribution in [1.82, 2.24) is 5.32 Å². The quantitative estimate of drug-likeness (QED) is 0.634. The van der Waals surface area contributed by atoms with Crippen molar-refractivity contribution in [3.8, 4) is 0 Å². The first kappa shape index (κ1) is 16.1. The maximum Gasteiger partial charge on any atom is 0.500 e. The van der Waals surface area contributed by atoms with E-state index in [1.54, 1.807) is 21.3 Å². The first-order valence-electron chi connectivity index (χ1n) is 5.81. The van der Waals surface area contributed by atoms with Crippen molar-refractivity contribution in [3.05, 3.63) is 0 Å². The molecule has 0 aliphatic rings. The van der Waals surface area contributed by atoms with Crippen molar-refractivity contribution in [2.75, 3.05) is 34.4 Å². The van der Waals surface area contributed by atoms with Gasteiger partial charge in [-0.1, -0.05) is 20.8 Å². The van der Waals surface area contributed by atoms with E-state index in [-0.39, 0.29) is 5.41 Å². The van der Waals surface area contributed by atoms with E-state index >= 15 is 0 Å². The third kappa shape index (κ3) is 5.40. The Morgan fingerprint density at radius 2 is 1.56 bits per heavy atom. The van der Waals surface area contributed by atoms with Gasteiger partial charge in [-0.25, -0.2) is 0 Å². The van der Waals surface area contributed by atoms with Gasteiger partial charge in [0.15, 0.2) is 0 Å².